The second-order valence-corrected chi connectivity index (χ2v) is 6.68. The van der Waals surface area contributed by atoms with Crippen LogP contribution >= 0.6 is 0 Å². The Hall–Kier alpha value is -0.570. The number of aliphatic hydroxyl groups excluding tert-OH is 1. The quantitative estimate of drug-likeness (QED) is 0.786. The highest BCUT2D eigenvalue weighted by Crippen LogP contribution is 2.52. The van der Waals surface area contributed by atoms with Gasteiger partial charge in [-0.25, -0.2) is 0 Å². The van der Waals surface area contributed by atoms with E-state index in [0.717, 1.165) is 19.3 Å². The molecule has 1 aliphatic rings. The molecule has 18 heavy (non-hydrogen) atoms. The summed E-state index contributed by atoms with van der Waals surface area (Å²) in [6.45, 7) is 10.7. The van der Waals surface area contributed by atoms with Gasteiger partial charge in [0.05, 0.1) is 19.1 Å². The predicted octanol–water partition coefficient (Wildman–Crippen LogP) is 3.15. The van der Waals surface area contributed by atoms with Crippen molar-refractivity contribution in [1.29, 1.82) is 0 Å². The Balaban J connectivity index is 2.78. The third kappa shape index (κ3) is 3.05. The van der Waals surface area contributed by atoms with E-state index in [0.29, 0.717) is 18.9 Å². The van der Waals surface area contributed by atoms with Crippen LogP contribution < -0.4 is 0 Å². The molecule has 3 atom stereocenters. The minimum Gasteiger partial charge on any atom is -0.466 e. The molecule has 1 N–H and O–H groups in total. The second-order valence-electron chi connectivity index (χ2n) is 6.68. The van der Waals surface area contributed by atoms with Crippen LogP contribution in [0.5, 0.6) is 0 Å². The molecule has 1 aliphatic carbocycles. The summed E-state index contributed by atoms with van der Waals surface area (Å²) in [5, 5.41) is 10.4. The van der Waals surface area contributed by atoms with Gasteiger partial charge in [0.1, 0.15) is 0 Å². The number of carbonyl (C=O) groups excluding carboxylic acids is 1. The van der Waals surface area contributed by atoms with Crippen molar-refractivity contribution in [3.63, 3.8) is 0 Å². The predicted molar refractivity (Wildman–Crippen MR) is 72.2 cm³/mol. The zero-order valence-electron chi connectivity index (χ0n) is 12.5. The molecule has 0 aliphatic heterocycles. The van der Waals surface area contributed by atoms with Crippen molar-refractivity contribution in [3.05, 3.63) is 0 Å². The summed E-state index contributed by atoms with van der Waals surface area (Å²) in [6.07, 6.45) is 2.98. The summed E-state index contributed by atoms with van der Waals surface area (Å²) in [5.41, 5.74) is -0.439. The Kier molecular flexibility index (Phi) is 4.82. The van der Waals surface area contributed by atoms with E-state index in [2.05, 4.69) is 27.7 Å². The topological polar surface area (TPSA) is 46.5 Å². The minimum atomic E-state index is -0.328. The van der Waals surface area contributed by atoms with Crippen LogP contribution in [0.25, 0.3) is 0 Å². The van der Waals surface area contributed by atoms with Crippen LogP contribution in [0.4, 0.5) is 0 Å². The maximum atomic E-state index is 11.7. The van der Waals surface area contributed by atoms with Crippen LogP contribution in [-0.2, 0) is 9.53 Å². The molecule has 0 aromatic rings. The smallest absolute Gasteiger partial charge is 0.306 e. The van der Waals surface area contributed by atoms with Gasteiger partial charge in [0, 0.05) is 0 Å². The molecule has 0 saturated heterocycles. The maximum absolute atomic E-state index is 11.7. The van der Waals surface area contributed by atoms with Crippen LogP contribution in [0, 0.1) is 16.7 Å². The van der Waals surface area contributed by atoms with Crippen LogP contribution in [0.2, 0.25) is 0 Å². The summed E-state index contributed by atoms with van der Waals surface area (Å²) in [4.78, 5) is 11.7. The van der Waals surface area contributed by atoms with Gasteiger partial charge in [-0.15, -0.1) is 0 Å². The number of hydrogen-bond acceptors (Lipinski definition) is 3. The largest absolute Gasteiger partial charge is 0.466 e. The zero-order valence-corrected chi connectivity index (χ0v) is 12.5. The lowest BCUT2D eigenvalue weighted by molar-refractivity contribution is -0.152. The molecule has 1 saturated carbocycles. The fraction of sp³-hybridized carbons (Fsp3) is 0.933. The van der Waals surface area contributed by atoms with Crippen LogP contribution in [0.1, 0.15) is 60.3 Å². The highest BCUT2D eigenvalue weighted by atomic mass is 16.5. The van der Waals surface area contributed by atoms with Gasteiger partial charge in [0.2, 0.25) is 0 Å². The van der Waals surface area contributed by atoms with Gasteiger partial charge in [0.15, 0.2) is 0 Å². The zero-order chi connectivity index (χ0) is 14.0. The molecular weight excluding hydrogens is 228 g/mol. The van der Waals surface area contributed by atoms with Gasteiger partial charge >= 0.3 is 5.97 Å². The molecular formula is C15H28O3. The number of rotatable bonds is 4. The first-order chi connectivity index (χ1) is 8.23. The fourth-order valence-electron chi connectivity index (χ4n) is 3.04. The van der Waals surface area contributed by atoms with E-state index in [1.807, 2.05) is 6.92 Å². The molecule has 1 rings (SSSR count). The van der Waals surface area contributed by atoms with Crippen molar-refractivity contribution >= 4 is 5.97 Å². The van der Waals surface area contributed by atoms with E-state index in [-0.39, 0.29) is 22.9 Å². The van der Waals surface area contributed by atoms with E-state index in [1.165, 1.54) is 0 Å². The number of ether oxygens (including phenoxy) is 1. The van der Waals surface area contributed by atoms with Gasteiger partial charge in [-0.1, -0.05) is 27.7 Å². The molecule has 3 heteroatoms. The number of hydrogen-bond donors (Lipinski definition) is 1. The standard InChI is InChI=1S/C15H28O3/c1-6-18-13(17)10-14(3,4)15(5)8-7-11(2)9-12(15)16/h11-12,16H,6-10H2,1-5H3/t11-,12+,15+/m1/s1. The monoisotopic (exact) mass is 256 g/mol. The average Bonchev–Trinajstić information content (AvgIpc) is 2.23. The molecule has 106 valence electrons. The van der Waals surface area contributed by atoms with E-state index in [9.17, 15) is 9.90 Å². The molecule has 3 nitrogen and oxygen atoms in total. The molecule has 0 radical (unpaired) electrons. The van der Waals surface area contributed by atoms with Crippen LogP contribution in [0.3, 0.4) is 0 Å². The maximum Gasteiger partial charge on any atom is 0.306 e. The molecule has 0 spiro atoms. The first kappa shape index (κ1) is 15.5. The first-order valence-corrected chi connectivity index (χ1v) is 7.06. The first-order valence-electron chi connectivity index (χ1n) is 7.06. The van der Waals surface area contributed by atoms with Crippen molar-refractivity contribution in [2.45, 2.75) is 66.4 Å². The Morgan fingerprint density at radius 1 is 1.50 bits per heavy atom. The van der Waals surface area contributed by atoms with Crippen molar-refractivity contribution in [2.24, 2.45) is 16.7 Å². The van der Waals surface area contributed by atoms with Crippen molar-refractivity contribution < 1.29 is 14.6 Å². The van der Waals surface area contributed by atoms with Crippen LogP contribution in [-0.4, -0.2) is 23.8 Å². The summed E-state index contributed by atoms with van der Waals surface area (Å²) in [6, 6.07) is 0. The molecule has 0 heterocycles. The molecule has 0 aromatic carbocycles. The SMILES string of the molecule is CCOC(=O)CC(C)(C)[C@@]1(C)CC[C@@H](C)C[C@@H]1O. The fourth-order valence-corrected chi connectivity index (χ4v) is 3.04. The highest BCUT2D eigenvalue weighted by Gasteiger charge is 2.49. The highest BCUT2D eigenvalue weighted by molar-refractivity contribution is 5.70. The molecule has 0 amide bonds. The molecule has 0 unspecified atom stereocenters. The third-order valence-electron chi connectivity index (χ3n) is 4.96. The number of aliphatic hydroxyl groups is 1. The van der Waals surface area contributed by atoms with Gasteiger partial charge in [-0.2, -0.15) is 0 Å². The molecule has 1 fully saturated rings. The lowest BCUT2D eigenvalue weighted by Crippen LogP contribution is -2.49. The minimum absolute atomic E-state index is 0.158. The lowest BCUT2D eigenvalue weighted by atomic mass is 9.56. The summed E-state index contributed by atoms with van der Waals surface area (Å²) in [5.74, 6) is 0.418. The normalized spacial score (nSPS) is 33.2. The Morgan fingerprint density at radius 2 is 2.11 bits per heavy atom. The Labute approximate surface area is 111 Å². The number of esters is 1. The molecule has 0 aromatic heterocycles. The summed E-state index contributed by atoms with van der Waals surface area (Å²) >= 11 is 0. The van der Waals surface area contributed by atoms with Gasteiger partial charge < -0.3 is 9.84 Å². The van der Waals surface area contributed by atoms with Gasteiger partial charge in [-0.3, -0.25) is 4.79 Å². The van der Waals surface area contributed by atoms with Crippen LogP contribution in [0.15, 0.2) is 0 Å². The van der Waals surface area contributed by atoms with Crippen molar-refractivity contribution in [3.8, 4) is 0 Å². The number of carbonyl (C=O) groups is 1. The van der Waals surface area contributed by atoms with E-state index < -0.39 is 0 Å². The Bertz CT molecular complexity index is 298. The van der Waals surface area contributed by atoms with Gasteiger partial charge in [0.25, 0.3) is 0 Å². The van der Waals surface area contributed by atoms with Crippen molar-refractivity contribution in [1.82, 2.24) is 0 Å². The van der Waals surface area contributed by atoms with E-state index in [1.54, 1.807) is 0 Å². The average molecular weight is 256 g/mol. The second kappa shape index (κ2) is 5.60. The lowest BCUT2D eigenvalue weighted by Gasteiger charge is -2.51. The summed E-state index contributed by atoms with van der Waals surface area (Å²) in [7, 11) is 0. The van der Waals surface area contributed by atoms with E-state index in [4.69, 9.17) is 4.74 Å². The Morgan fingerprint density at radius 3 is 2.61 bits per heavy atom. The van der Waals surface area contributed by atoms with E-state index >= 15 is 0 Å². The summed E-state index contributed by atoms with van der Waals surface area (Å²) < 4.78 is 5.05. The van der Waals surface area contributed by atoms with Gasteiger partial charge in [-0.05, 0) is 42.9 Å². The van der Waals surface area contributed by atoms with Crippen molar-refractivity contribution in [2.75, 3.05) is 6.61 Å². The molecule has 0 bridgehead atoms. The third-order valence-corrected chi connectivity index (χ3v) is 4.96.